The van der Waals surface area contributed by atoms with E-state index >= 15 is 0 Å². The third-order valence-electron chi connectivity index (χ3n) is 0.328. The summed E-state index contributed by atoms with van der Waals surface area (Å²) in [5, 5.41) is 10.3. The van der Waals surface area contributed by atoms with Crippen molar-refractivity contribution in [2.24, 2.45) is 0 Å². The zero-order valence-electron chi connectivity index (χ0n) is 3.56. The van der Waals surface area contributed by atoms with Crippen molar-refractivity contribution in [3.8, 4) is 0 Å². The van der Waals surface area contributed by atoms with Gasteiger partial charge in [0.2, 0.25) is 0 Å². The largest absolute Gasteiger partial charge is 0.488 e. The van der Waals surface area contributed by atoms with Crippen LogP contribution in [0, 0.1) is 0 Å². The van der Waals surface area contributed by atoms with Crippen LogP contribution in [0.15, 0.2) is 0 Å². The number of rotatable bonds is 2. The van der Waals surface area contributed by atoms with Gasteiger partial charge in [-0.1, -0.05) is 0 Å². The van der Waals surface area contributed by atoms with E-state index in [0.29, 0.717) is 0 Å². The van der Waals surface area contributed by atoms with E-state index in [-0.39, 0.29) is 7.41 Å². The van der Waals surface area contributed by atoms with Gasteiger partial charge in [-0.25, -0.2) is 0 Å². The predicted octanol–water partition coefficient (Wildman–Crippen LogP) is -0.765. The summed E-state index contributed by atoms with van der Waals surface area (Å²) in [6.45, 7) is 0. The van der Waals surface area contributed by atoms with Gasteiger partial charge in [0.05, 0.1) is 0 Å². The van der Waals surface area contributed by atoms with E-state index in [1.54, 1.807) is 7.05 Å². The molecule has 0 aliphatic heterocycles. The van der Waals surface area contributed by atoms with Gasteiger partial charge < -0.3 is 10.3 Å². The highest BCUT2D eigenvalue weighted by Gasteiger charge is 1.91. The van der Waals surface area contributed by atoms with Crippen molar-refractivity contribution in [2.45, 2.75) is 0 Å². The second-order valence-corrected chi connectivity index (χ2v) is 0.924. The highest BCUT2D eigenvalue weighted by Crippen LogP contribution is 1.53. The molecule has 0 bridgehead atoms. The maximum absolute atomic E-state index is 9.54. The number of carboxylic acid groups (broad SMARTS) is 1. The van der Waals surface area contributed by atoms with E-state index in [4.69, 9.17) is 5.11 Å². The van der Waals surface area contributed by atoms with Crippen LogP contribution in [0.25, 0.3) is 0 Å². The molecule has 0 aromatic rings. The minimum absolute atomic E-state index is 0.0417. The van der Waals surface area contributed by atoms with Crippen molar-refractivity contribution in [1.29, 1.82) is 0 Å². The number of hydrogen-bond donors (Lipinski definition) is 2. The van der Waals surface area contributed by atoms with Gasteiger partial charge in [-0.15, -0.1) is 0 Å². The van der Waals surface area contributed by atoms with Crippen LogP contribution < -0.4 is 5.23 Å². The fraction of sp³-hybridized carbons (Fsp3) is 0.500. The Hall–Kier alpha value is -0.505. The maximum atomic E-state index is 9.54. The van der Waals surface area contributed by atoms with E-state index in [0.717, 1.165) is 0 Å². The highest BCUT2D eigenvalue weighted by atomic mass is 16.4. The minimum Gasteiger partial charge on any atom is -0.488 e. The molecule has 0 saturated carbocycles. The minimum atomic E-state index is -0.822. The van der Waals surface area contributed by atoms with E-state index in [1.807, 2.05) is 0 Å². The monoisotopic (exact) mass is 87.0 g/mol. The lowest BCUT2D eigenvalue weighted by molar-refractivity contribution is 0.219. The predicted molar refractivity (Wildman–Crippen MR) is 24.2 cm³/mol. The molecule has 0 atom stereocenters. The lowest BCUT2D eigenvalue weighted by Crippen LogP contribution is -2.20. The Bertz CT molecular complexity index is 55.5. The number of carbonyl (C=O) groups is 1. The van der Waals surface area contributed by atoms with Gasteiger partial charge in [0.15, 0.2) is 0 Å². The first-order chi connectivity index (χ1) is 2.77. The SMILES string of the molecule is CNBC(=O)O. The lowest BCUT2D eigenvalue weighted by atomic mass is 9.97. The molecule has 34 valence electrons. The van der Waals surface area contributed by atoms with Gasteiger partial charge in [-0.05, 0) is 7.05 Å². The molecule has 3 nitrogen and oxygen atoms in total. The molecule has 0 aromatic heterocycles. The molecule has 0 aliphatic rings. The summed E-state index contributed by atoms with van der Waals surface area (Å²) in [5.41, 5.74) is 0. The summed E-state index contributed by atoms with van der Waals surface area (Å²) in [4.78, 5) is 9.54. The van der Waals surface area contributed by atoms with E-state index in [9.17, 15) is 4.79 Å². The van der Waals surface area contributed by atoms with Gasteiger partial charge in [-0.2, -0.15) is 0 Å². The summed E-state index contributed by atoms with van der Waals surface area (Å²) < 4.78 is 0. The number of nitrogens with one attached hydrogen (secondary N) is 1. The molecule has 0 heterocycles. The second kappa shape index (κ2) is 2.72. The average Bonchev–Trinajstić information content (AvgIpc) is 1.35. The van der Waals surface area contributed by atoms with Gasteiger partial charge in [-0.3, -0.25) is 4.79 Å². The molecular formula is C2H6BNO2. The molecular weight excluding hydrogens is 80.8 g/mol. The lowest BCUT2D eigenvalue weighted by Gasteiger charge is -1.80. The standard InChI is InChI=1S/C2H6BNO2/c1-4-3-2(5)6/h3-4H,1H3,(H,5,6). The summed E-state index contributed by atoms with van der Waals surface area (Å²) in [6, 6.07) is 0. The first-order valence-electron chi connectivity index (χ1n) is 1.63. The fourth-order valence-corrected chi connectivity index (χ4v) is 0.151. The van der Waals surface area contributed by atoms with Crippen molar-refractivity contribution >= 4 is 13.3 Å². The van der Waals surface area contributed by atoms with Crippen molar-refractivity contribution in [3.63, 3.8) is 0 Å². The van der Waals surface area contributed by atoms with Crippen molar-refractivity contribution in [3.05, 3.63) is 0 Å². The van der Waals surface area contributed by atoms with Gasteiger partial charge in [0, 0.05) is 0 Å². The molecule has 0 spiro atoms. The van der Waals surface area contributed by atoms with Crippen LogP contribution in [-0.2, 0) is 0 Å². The Morgan fingerprint density at radius 1 is 2.00 bits per heavy atom. The summed E-state index contributed by atoms with van der Waals surface area (Å²) in [5.74, 6) is -0.822. The summed E-state index contributed by atoms with van der Waals surface area (Å²) in [7, 11) is 1.63. The van der Waals surface area contributed by atoms with Crippen LogP contribution in [-0.4, -0.2) is 25.4 Å². The average molecular weight is 86.9 g/mol. The van der Waals surface area contributed by atoms with Crippen molar-refractivity contribution < 1.29 is 9.90 Å². The molecule has 0 saturated heterocycles. The number of hydrogen-bond acceptors (Lipinski definition) is 2. The van der Waals surface area contributed by atoms with Crippen molar-refractivity contribution in [2.75, 3.05) is 7.05 Å². The molecule has 0 fully saturated rings. The van der Waals surface area contributed by atoms with Crippen LogP contribution in [0.3, 0.4) is 0 Å². The smallest absolute Gasteiger partial charge is 0.337 e. The van der Waals surface area contributed by atoms with Gasteiger partial charge in [0.1, 0.15) is 0 Å². The quantitative estimate of drug-likeness (QED) is 0.435. The molecule has 4 heteroatoms. The Labute approximate surface area is 36.6 Å². The Morgan fingerprint density at radius 2 is 2.50 bits per heavy atom. The van der Waals surface area contributed by atoms with Crippen LogP contribution in [0.5, 0.6) is 0 Å². The third-order valence-corrected chi connectivity index (χ3v) is 0.328. The molecule has 0 aromatic carbocycles. The third kappa shape index (κ3) is 3.49. The van der Waals surface area contributed by atoms with E-state index in [1.165, 1.54) is 0 Å². The van der Waals surface area contributed by atoms with Crippen LogP contribution in [0.4, 0.5) is 4.79 Å². The molecule has 2 N–H and O–H groups in total. The Morgan fingerprint density at radius 3 is 2.50 bits per heavy atom. The van der Waals surface area contributed by atoms with E-state index < -0.39 is 5.87 Å². The Kier molecular flexibility index (Phi) is 2.49. The Balaban J connectivity index is 2.83. The molecule has 0 unspecified atom stereocenters. The maximum Gasteiger partial charge on any atom is 0.337 e. The van der Waals surface area contributed by atoms with Gasteiger partial charge in [0.25, 0.3) is 5.87 Å². The van der Waals surface area contributed by atoms with E-state index in [2.05, 4.69) is 5.23 Å². The molecule has 0 amide bonds. The second-order valence-electron chi connectivity index (χ2n) is 0.924. The first-order valence-corrected chi connectivity index (χ1v) is 1.63. The zero-order valence-corrected chi connectivity index (χ0v) is 3.56. The van der Waals surface area contributed by atoms with Crippen LogP contribution in [0.2, 0.25) is 0 Å². The molecule has 6 heavy (non-hydrogen) atoms. The topological polar surface area (TPSA) is 49.3 Å². The molecule has 0 aliphatic carbocycles. The van der Waals surface area contributed by atoms with Gasteiger partial charge >= 0.3 is 7.41 Å². The summed E-state index contributed by atoms with van der Waals surface area (Å²) in [6.07, 6.45) is 0. The fourth-order valence-electron chi connectivity index (χ4n) is 0.151. The normalized spacial score (nSPS) is 7.50. The molecule has 0 rings (SSSR count). The van der Waals surface area contributed by atoms with Crippen molar-refractivity contribution in [1.82, 2.24) is 5.23 Å². The zero-order chi connectivity index (χ0) is 4.99. The first kappa shape index (κ1) is 5.49. The van der Waals surface area contributed by atoms with Crippen LogP contribution in [0.1, 0.15) is 0 Å². The molecule has 0 radical (unpaired) electrons. The van der Waals surface area contributed by atoms with Crippen LogP contribution >= 0.6 is 0 Å². The summed E-state index contributed by atoms with van der Waals surface area (Å²) >= 11 is 0. The highest BCUT2D eigenvalue weighted by molar-refractivity contribution is 6.69.